The summed E-state index contributed by atoms with van der Waals surface area (Å²) in [6.07, 6.45) is 1.73. The molecule has 98 valence electrons. The molecular weight excluding hydrogens is 254 g/mol. The standard InChI is InChI=1S/C16H17NOS/c1-2-12-7-8-15(18-12)14(17)9-11-10-19-16-6-4-3-5-13(11)16/h3-8,10,14H,2,9,17H2,1H3. The summed E-state index contributed by atoms with van der Waals surface area (Å²) in [4.78, 5) is 0. The van der Waals surface area contributed by atoms with Gasteiger partial charge in [0.25, 0.3) is 0 Å². The van der Waals surface area contributed by atoms with Crippen LogP contribution in [-0.2, 0) is 12.8 Å². The van der Waals surface area contributed by atoms with Crippen molar-refractivity contribution in [3.05, 3.63) is 58.9 Å². The van der Waals surface area contributed by atoms with Crippen LogP contribution in [0.5, 0.6) is 0 Å². The van der Waals surface area contributed by atoms with Gasteiger partial charge in [0.2, 0.25) is 0 Å². The molecule has 3 rings (SSSR count). The van der Waals surface area contributed by atoms with E-state index in [1.165, 1.54) is 15.6 Å². The molecule has 2 N–H and O–H groups in total. The first-order chi connectivity index (χ1) is 9.28. The molecule has 1 aromatic carbocycles. The van der Waals surface area contributed by atoms with Crippen LogP contribution in [0, 0.1) is 0 Å². The second-order valence-electron chi connectivity index (χ2n) is 4.73. The van der Waals surface area contributed by atoms with Gasteiger partial charge in [0.1, 0.15) is 11.5 Å². The van der Waals surface area contributed by atoms with Crippen molar-refractivity contribution in [2.45, 2.75) is 25.8 Å². The molecule has 0 aliphatic rings. The van der Waals surface area contributed by atoms with Gasteiger partial charge < -0.3 is 10.2 Å². The summed E-state index contributed by atoms with van der Waals surface area (Å²) in [6, 6.07) is 12.4. The molecule has 2 nitrogen and oxygen atoms in total. The molecule has 2 heterocycles. The Kier molecular flexibility index (Phi) is 3.40. The van der Waals surface area contributed by atoms with Crippen molar-refractivity contribution in [3.8, 4) is 0 Å². The maximum absolute atomic E-state index is 6.26. The molecule has 0 saturated heterocycles. The zero-order valence-corrected chi connectivity index (χ0v) is 11.7. The van der Waals surface area contributed by atoms with Gasteiger partial charge in [-0.1, -0.05) is 25.1 Å². The van der Waals surface area contributed by atoms with E-state index in [-0.39, 0.29) is 6.04 Å². The number of hydrogen-bond donors (Lipinski definition) is 1. The Morgan fingerprint density at radius 1 is 1.21 bits per heavy atom. The zero-order chi connectivity index (χ0) is 13.2. The molecule has 3 heteroatoms. The molecule has 1 atom stereocenters. The molecule has 19 heavy (non-hydrogen) atoms. The lowest BCUT2D eigenvalue weighted by Gasteiger charge is -2.08. The topological polar surface area (TPSA) is 39.2 Å². The summed E-state index contributed by atoms with van der Waals surface area (Å²) in [6.45, 7) is 2.08. The third-order valence-electron chi connectivity index (χ3n) is 3.40. The van der Waals surface area contributed by atoms with Crippen LogP contribution in [-0.4, -0.2) is 0 Å². The normalized spacial score (nSPS) is 12.9. The summed E-state index contributed by atoms with van der Waals surface area (Å²) < 4.78 is 7.05. The Bertz CT molecular complexity index is 683. The van der Waals surface area contributed by atoms with Crippen molar-refractivity contribution in [1.82, 2.24) is 0 Å². The fourth-order valence-corrected chi connectivity index (χ4v) is 3.29. The Hall–Kier alpha value is -1.58. The molecule has 1 unspecified atom stereocenters. The van der Waals surface area contributed by atoms with Gasteiger partial charge in [0.05, 0.1) is 6.04 Å². The maximum Gasteiger partial charge on any atom is 0.121 e. The number of benzene rings is 1. The zero-order valence-electron chi connectivity index (χ0n) is 10.9. The van der Waals surface area contributed by atoms with E-state index in [9.17, 15) is 0 Å². The third-order valence-corrected chi connectivity index (χ3v) is 4.41. The SMILES string of the molecule is CCc1ccc(C(N)Cc2csc3ccccc23)o1. The number of aryl methyl sites for hydroxylation is 1. The van der Waals surface area contributed by atoms with Crippen molar-refractivity contribution < 1.29 is 4.42 Å². The van der Waals surface area contributed by atoms with Crippen molar-refractivity contribution in [3.63, 3.8) is 0 Å². The van der Waals surface area contributed by atoms with E-state index >= 15 is 0 Å². The average Bonchev–Trinajstić information content (AvgIpc) is 3.06. The number of rotatable bonds is 4. The van der Waals surface area contributed by atoms with E-state index in [0.717, 1.165) is 24.4 Å². The molecule has 0 aliphatic heterocycles. The van der Waals surface area contributed by atoms with Crippen LogP contribution >= 0.6 is 11.3 Å². The van der Waals surface area contributed by atoms with Gasteiger partial charge in [-0.15, -0.1) is 11.3 Å². The van der Waals surface area contributed by atoms with Crippen LogP contribution in [0.25, 0.3) is 10.1 Å². The monoisotopic (exact) mass is 271 g/mol. The highest BCUT2D eigenvalue weighted by Crippen LogP contribution is 2.29. The number of hydrogen-bond acceptors (Lipinski definition) is 3. The first kappa shape index (κ1) is 12.5. The first-order valence-corrected chi connectivity index (χ1v) is 7.45. The summed E-state index contributed by atoms with van der Waals surface area (Å²) in [7, 11) is 0. The maximum atomic E-state index is 6.26. The smallest absolute Gasteiger partial charge is 0.121 e. The quantitative estimate of drug-likeness (QED) is 0.768. The van der Waals surface area contributed by atoms with Gasteiger partial charge in [-0.05, 0) is 40.9 Å². The summed E-state index contributed by atoms with van der Waals surface area (Å²) >= 11 is 1.77. The van der Waals surface area contributed by atoms with Crippen molar-refractivity contribution >= 4 is 21.4 Å². The van der Waals surface area contributed by atoms with Crippen LogP contribution in [0.4, 0.5) is 0 Å². The van der Waals surface area contributed by atoms with Gasteiger partial charge in [-0.2, -0.15) is 0 Å². The van der Waals surface area contributed by atoms with Crippen LogP contribution in [0.15, 0.2) is 46.2 Å². The molecule has 0 amide bonds. The third kappa shape index (κ3) is 2.44. The Morgan fingerprint density at radius 2 is 2.05 bits per heavy atom. The predicted molar refractivity (Wildman–Crippen MR) is 80.5 cm³/mol. The predicted octanol–water partition coefficient (Wildman–Crippen LogP) is 4.30. The van der Waals surface area contributed by atoms with E-state index in [0.29, 0.717) is 0 Å². The molecule has 0 bridgehead atoms. The summed E-state index contributed by atoms with van der Waals surface area (Å²) in [5.74, 6) is 1.88. The van der Waals surface area contributed by atoms with Gasteiger partial charge in [-0.25, -0.2) is 0 Å². The minimum absolute atomic E-state index is 0.0710. The van der Waals surface area contributed by atoms with Gasteiger partial charge in [0.15, 0.2) is 0 Å². The Morgan fingerprint density at radius 3 is 2.84 bits per heavy atom. The van der Waals surface area contributed by atoms with E-state index in [1.807, 2.05) is 12.1 Å². The molecule has 0 radical (unpaired) electrons. The molecule has 0 fully saturated rings. The van der Waals surface area contributed by atoms with E-state index < -0.39 is 0 Å². The van der Waals surface area contributed by atoms with Crippen LogP contribution < -0.4 is 5.73 Å². The summed E-state index contributed by atoms with van der Waals surface area (Å²) in [5.41, 5.74) is 7.56. The molecular formula is C16H17NOS. The lowest BCUT2D eigenvalue weighted by atomic mass is 10.0. The summed E-state index contributed by atoms with van der Waals surface area (Å²) in [5, 5.41) is 3.51. The minimum atomic E-state index is -0.0710. The molecule has 3 aromatic rings. The van der Waals surface area contributed by atoms with E-state index in [2.05, 4.69) is 36.6 Å². The van der Waals surface area contributed by atoms with Gasteiger partial charge >= 0.3 is 0 Å². The molecule has 0 spiro atoms. The van der Waals surface area contributed by atoms with Crippen molar-refractivity contribution in [1.29, 1.82) is 0 Å². The second-order valence-corrected chi connectivity index (χ2v) is 5.64. The van der Waals surface area contributed by atoms with Gasteiger partial charge in [-0.3, -0.25) is 0 Å². The van der Waals surface area contributed by atoms with E-state index in [4.69, 9.17) is 10.2 Å². The number of furan rings is 1. The lowest BCUT2D eigenvalue weighted by molar-refractivity contribution is 0.435. The number of fused-ring (bicyclic) bond motifs is 1. The van der Waals surface area contributed by atoms with Crippen LogP contribution in [0.2, 0.25) is 0 Å². The number of nitrogens with two attached hydrogens (primary N) is 1. The Balaban J connectivity index is 1.84. The lowest BCUT2D eigenvalue weighted by Crippen LogP contribution is -2.12. The van der Waals surface area contributed by atoms with Gasteiger partial charge in [0, 0.05) is 11.1 Å². The largest absolute Gasteiger partial charge is 0.464 e. The number of thiophene rings is 1. The fraction of sp³-hybridized carbons (Fsp3) is 0.250. The fourth-order valence-electron chi connectivity index (χ4n) is 2.31. The highest BCUT2D eigenvalue weighted by atomic mass is 32.1. The first-order valence-electron chi connectivity index (χ1n) is 6.57. The molecule has 2 aromatic heterocycles. The Labute approximate surface area is 116 Å². The van der Waals surface area contributed by atoms with Crippen LogP contribution in [0.1, 0.15) is 30.0 Å². The molecule has 0 saturated carbocycles. The second kappa shape index (κ2) is 5.19. The minimum Gasteiger partial charge on any atom is -0.464 e. The molecule has 0 aliphatic carbocycles. The van der Waals surface area contributed by atoms with E-state index in [1.54, 1.807) is 11.3 Å². The van der Waals surface area contributed by atoms with Crippen LogP contribution in [0.3, 0.4) is 0 Å². The van der Waals surface area contributed by atoms with Crippen molar-refractivity contribution in [2.24, 2.45) is 5.73 Å². The average molecular weight is 271 g/mol. The van der Waals surface area contributed by atoms with Crippen molar-refractivity contribution in [2.75, 3.05) is 0 Å². The highest BCUT2D eigenvalue weighted by molar-refractivity contribution is 7.17. The highest BCUT2D eigenvalue weighted by Gasteiger charge is 2.13.